The SMILES string of the molecule is Nc1ccc(OCc2nc3c(Cl)cccc3[nH]2)cc1. The average molecular weight is 274 g/mol. The molecule has 3 N–H and O–H groups in total. The molecule has 3 rings (SSSR count). The number of ether oxygens (including phenoxy) is 1. The van der Waals surface area contributed by atoms with E-state index in [4.69, 9.17) is 22.1 Å². The van der Waals surface area contributed by atoms with Crippen LogP contribution in [0.15, 0.2) is 42.5 Å². The van der Waals surface area contributed by atoms with Crippen molar-refractivity contribution >= 4 is 28.3 Å². The fourth-order valence-electron chi connectivity index (χ4n) is 1.83. The number of H-pyrrole nitrogens is 1. The number of rotatable bonds is 3. The first-order chi connectivity index (χ1) is 9.22. The maximum absolute atomic E-state index is 6.07. The van der Waals surface area contributed by atoms with Crippen LogP contribution in [0, 0.1) is 0 Å². The van der Waals surface area contributed by atoms with Gasteiger partial charge in [-0.05, 0) is 36.4 Å². The zero-order chi connectivity index (χ0) is 13.2. The van der Waals surface area contributed by atoms with Crippen LogP contribution in [0.25, 0.3) is 11.0 Å². The lowest BCUT2D eigenvalue weighted by molar-refractivity contribution is 0.297. The van der Waals surface area contributed by atoms with Crippen molar-refractivity contribution in [3.63, 3.8) is 0 Å². The predicted molar refractivity (Wildman–Crippen MR) is 76.3 cm³/mol. The van der Waals surface area contributed by atoms with E-state index in [1.807, 2.05) is 30.3 Å². The number of aromatic nitrogens is 2. The van der Waals surface area contributed by atoms with Crippen molar-refractivity contribution in [1.29, 1.82) is 0 Å². The molecule has 0 atom stereocenters. The van der Waals surface area contributed by atoms with E-state index >= 15 is 0 Å². The Morgan fingerprint density at radius 3 is 2.68 bits per heavy atom. The van der Waals surface area contributed by atoms with E-state index in [0.29, 0.717) is 17.3 Å². The van der Waals surface area contributed by atoms with Crippen LogP contribution in [-0.4, -0.2) is 9.97 Å². The Kier molecular flexibility index (Phi) is 3.01. The third kappa shape index (κ3) is 2.48. The van der Waals surface area contributed by atoms with E-state index < -0.39 is 0 Å². The van der Waals surface area contributed by atoms with Crippen LogP contribution < -0.4 is 10.5 Å². The molecule has 0 amide bonds. The van der Waals surface area contributed by atoms with Crippen LogP contribution in [0.1, 0.15) is 5.82 Å². The summed E-state index contributed by atoms with van der Waals surface area (Å²) in [6.45, 7) is 0.356. The Balaban J connectivity index is 1.78. The van der Waals surface area contributed by atoms with Crippen molar-refractivity contribution in [2.24, 2.45) is 0 Å². The van der Waals surface area contributed by atoms with Crippen molar-refractivity contribution in [3.05, 3.63) is 53.3 Å². The minimum absolute atomic E-state index is 0.356. The van der Waals surface area contributed by atoms with E-state index in [2.05, 4.69) is 9.97 Å². The van der Waals surface area contributed by atoms with Gasteiger partial charge in [0.05, 0.1) is 10.5 Å². The molecule has 0 fully saturated rings. The number of benzene rings is 2. The summed E-state index contributed by atoms with van der Waals surface area (Å²) in [5.41, 5.74) is 7.99. The molecule has 0 aliphatic carbocycles. The van der Waals surface area contributed by atoms with Gasteiger partial charge in [0.15, 0.2) is 0 Å². The van der Waals surface area contributed by atoms with Gasteiger partial charge in [-0.15, -0.1) is 0 Å². The number of nitrogens with zero attached hydrogens (tertiary/aromatic N) is 1. The molecule has 19 heavy (non-hydrogen) atoms. The van der Waals surface area contributed by atoms with Crippen LogP contribution in [-0.2, 0) is 6.61 Å². The van der Waals surface area contributed by atoms with Gasteiger partial charge >= 0.3 is 0 Å². The Hall–Kier alpha value is -2.20. The number of fused-ring (bicyclic) bond motifs is 1. The molecular weight excluding hydrogens is 262 g/mol. The summed E-state index contributed by atoms with van der Waals surface area (Å²) >= 11 is 6.07. The Bertz CT molecular complexity index is 706. The first-order valence-electron chi connectivity index (χ1n) is 5.84. The lowest BCUT2D eigenvalue weighted by atomic mass is 10.3. The summed E-state index contributed by atoms with van der Waals surface area (Å²) in [7, 11) is 0. The van der Waals surface area contributed by atoms with E-state index in [9.17, 15) is 0 Å². The molecule has 0 aliphatic heterocycles. The minimum Gasteiger partial charge on any atom is -0.486 e. The van der Waals surface area contributed by atoms with Gasteiger partial charge < -0.3 is 15.5 Å². The van der Waals surface area contributed by atoms with Crippen molar-refractivity contribution in [1.82, 2.24) is 9.97 Å². The zero-order valence-electron chi connectivity index (χ0n) is 10.1. The van der Waals surface area contributed by atoms with Crippen LogP contribution in [0.3, 0.4) is 0 Å². The highest BCUT2D eigenvalue weighted by molar-refractivity contribution is 6.34. The second-order valence-corrected chi connectivity index (χ2v) is 4.58. The molecule has 0 saturated carbocycles. The second kappa shape index (κ2) is 4.82. The standard InChI is InChI=1S/C14H12ClN3O/c15-11-2-1-3-12-14(11)18-13(17-12)8-19-10-6-4-9(16)5-7-10/h1-7H,8,16H2,(H,17,18). The smallest absolute Gasteiger partial charge is 0.146 e. The van der Waals surface area contributed by atoms with Crippen LogP contribution >= 0.6 is 11.6 Å². The molecule has 1 heterocycles. The molecule has 5 heteroatoms. The second-order valence-electron chi connectivity index (χ2n) is 4.18. The normalized spacial score (nSPS) is 10.8. The Morgan fingerprint density at radius 2 is 1.95 bits per heavy atom. The summed E-state index contributed by atoms with van der Waals surface area (Å²) < 4.78 is 5.62. The number of nitrogens with one attached hydrogen (secondary N) is 1. The number of imidazole rings is 1. The molecule has 3 aromatic rings. The zero-order valence-corrected chi connectivity index (χ0v) is 10.8. The van der Waals surface area contributed by atoms with Gasteiger partial charge in [0.1, 0.15) is 23.7 Å². The number of hydrogen-bond donors (Lipinski definition) is 2. The third-order valence-electron chi connectivity index (χ3n) is 2.77. The topological polar surface area (TPSA) is 63.9 Å². The number of para-hydroxylation sites is 1. The highest BCUT2D eigenvalue weighted by Crippen LogP contribution is 2.21. The highest BCUT2D eigenvalue weighted by Gasteiger charge is 2.06. The molecule has 96 valence electrons. The van der Waals surface area contributed by atoms with Crippen molar-refractivity contribution in [2.75, 3.05) is 5.73 Å². The number of aromatic amines is 1. The first-order valence-corrected chi connectivity index (χ1v) is 6.21. The summed E-state index contributed by atoms with van der Waals surface area (Å²) in [6.07, 6.45) is 0. The van der Waals surface area contributed by atoms with Crippen molar-refractivity contribution < 1.29 is 4.74 Å². The average Bonchev–Trinajstić information content (AvgIpc) is 2.83. The number of nitrogen functional groups attached to an aromatic ring is 1. The van der Waals surface area contributed by atoms with Gasteiger partial charge in [0.25, 0.3) is 0 Å². The Labute approximate surface area is 115 Å². The highest BCUT2D eigenvalue weighted by atomic mass is 35.5. The molecule has 0 spiro atoms. The molecule has 0 saturated heterocycles. The number of anilines is 1. The molecule has 0 unspecified atom stereocenters. The van der Waals surface area contributed by atoms with E-state index in [1.54, 1.807) is 12.1 Å². The van der Waals surface area contributed by atoms with Gasteiger partial charge in [-0.1, -0.05) is 17.7 Å². The van der Waals surface area contributed by atoms with Gasteiger partial charge in [-0.25, -0.2) is 4.98 Å². The van der Waals surface area contributed by atoms with E-state index in [0.717, 1.165) is 22.6 Å². The minimum atomic E-state index is 0.356. The first kappa shape index (κ1) is 11.9. The summed E-state index contributed by atoms with van der Waals surface area (Å²) in [5, 5.41) is 0.632. The van der Waals surface area contributed by atoms with Crippen molar-refractivity contribution in [3.8, 4) is 5.75 Å². The Morgan fingerprint density at radius 1 is 1.16 bits per heavy atom. The largest absolute Gasteiger partial charge is 0.486 e. The lowest BCUT2D eigenvalue weighted by Gasteiger charge is -2.03. The van der Waals surface area contributed by atoms with Gasteiger partial charge in [0, 0.05) is 5.69 Å². The van der Waals surface area contributed by atoms with E-state index in [1.165, 1.54) is 0 Å². The lowest BCUT2D eigenvalue weighted by Crippen LogP contribution is -1.97. The number of halogens is 1. The van der Waals surface area contributed by atoms with Crippen LogP contribution in [0.5, 0.6) is 5.75 Å². The summed E-state index contributed by atoms with van der Waals surface area (Å²) in [5.74, 6) is 1.49. The third-order valence-corrected chi connectivity index (χ3v) is 3.07. The van der Waals surface area contributed by atoms with Crippen LogP contribution in [0.2, 0.25) is 5.02 Å². The maximum Gasteiger partial charge on any atom is 0.146 e. The summed E-state index contributed by atoms with van der Waals surface area (Å²) in [4.78, 5) is 7.58. The number of hydrogen-bond acceptors (Lipinski definition) is 3. The maximum atomic E-state index is 6.07. The monoisotopic (exact) mass is 273 g/mol. The molecule has 0 radical (unpaired) electrons. The van der Waals surface area contributed by atoms with Gasteiger partial charge in [0.2, 0.25) is 0 Å². The quantitative estimate of drug-likeness (QED) is 0.719. The molecule has 1 aromatic heterocycles. The molecule has 0 aliphatic rings. The van der Waals surface area contributed by atoms with E-state index in [-0.39, 0.29) is 0 Å². The summed E-state index contributed by atoms with van der Waals surface area (Å²) in [6, 6.07) is 12.9. The predicted octanol–water partition coefficient (Wildman–Crippen LogP) is 3.38. The molecule has 0 bridgehead atoms. The number of nitrogens with two attached hydrogens (primary N) is 1. The van der Waals surface area contributed by atoms with Crippen molar-refractivity contribution in [2.45, 2.75) is 6.61 Å². The molecule has 2 aromatic carbocycles. The van der Waals surface area contributed by atoms with Crippen LogP contribution in [0.4, 0.5) is 5.69 Å². The fourth-order valence-corrected chi connectivity index (χ4v) is 2.05. The fraction of sp³-hybridized carbons (Fsp3) is 0.0714. The van der Waals surface area contributed by atoms with Gasteiger partial charge in [-0.3, -0.25) is 0 Å². The molecule has 4 nitrogen and oxygen atoms in total. The van der Waals surface area contributed by atoms with Gasteiger partial charge in [-0.2, -0.15) is 0 Å². The molecular formula is C14H12ClN3O.